The monoisotopic (exact) mass is 394 g/mol. The van der Waals surface area contributed by atoms with Gasteiger partial charge in [-0.1, -0.05) is 54.1 Å². The zero-order chi connectivity index (χ0) is 19.1. The van der Waals surface area contributed by atoms with Crippen molar-refractivity contribution in [1.82, 2.24) is 5.43 Å². The molecule has 0 aliphatic heterocycles. The molecule has 3 rings (SSSR count). The van der Waals surface area contributed by atoms with E-state index in [1.807, 2.05) is 85.8 Å². The number of hydrogen-bond acceptors (Lipinski definition) is 3. The van der Waals surface area contributed by atoms with E-state index in [4.69, 9.17) is 11.6 Å². The number of amides is 1. The second kappa shape index (κ2) is 9.40. The topological polar surface area (TPSA) is 41.5 Å². The highest BCUT2D eigenvalue weighted by Gasteiger charge is 2.05. The highest BCUT2D eigenvalue weighted by Crippen LogP contribution is 2.24. The Morgan fingerprint density at radius 1 is 0.926 bits per heavy atom. The van der Waals surface area contributed by atoms with E-state index >= 15 is 0 Å². The van der Waals surface area contributed by atoms with Crippen molar-refractivity contribution in [2.45, 2.75) is 17.6 Å². The molecular weight excluding hydrogens is 376 g/mol. The summed E-state index contributed by atoms with van der Waals surface area (Å²) in [6.07, 6.45) is 0. The minimum Gasteiger partial charge on any atom is -0.267 e. The van der Waals surface area contributed by atoms with Crippen LogP contribution in [-0.4, -0.2) is 11.6 Å². The number of hydrazone groups is 1. The Morgan fingerprint density at radius 2 is 1.59 bits per heavy atom. The maximum Gasteiger partial charge on any atom is 0.271 e. The molecular formula is C22H19ClN2OS. The van der Waals surface area contributed by atoms with E-state index in [2.05, 4.69) is 10.5 Å². The van der Waals surface area contributed by atoms with Gasteiger partial charge in [0.2, 0.25) is 0 Å². The fourth-order valence-electron chi connectivity index (χ4n) is 2.39. The number of nitrogens with one attached hydrogen (secondary N) is 1. The molecule has 0 heterocycles. The lowest BCUT2D eigenvalue weighted by molar-refractivity contribution is 0.0955. The van der Waals surface area contributed by atoms with Gasteiger partial charge in [-0.2, -0.15) is 5.10 Å². The predicted molar refractivity (Wildman–Crippen MR) is 114 cm³/mol. The second-order valence-corrected chi connectivity index (χ2v) is 7.43. The normalized spacial score (nSPS) is 11.3. The Bertz CT molecular complexity index is 923. The van der Waals surface area contributed by atoms with E-state index in [1.54, 1.807) is 11.8 Å². The molecule has 0 bridgehead atoms. The minimum atomic E-state index is -0.220. The van der Waals surface area contributed by atoms with Crippen molar-refractivity contribution in [3.05, 3.63) is 101 Å². The summed E-state index contributed by atoms with van der Waals surface area (Å²) in [5.41, 5.74) is 6.09. The molecule has 3 nitrogen and oxygen atoms in total. The van der Waals surface area contributed by atoms with Gasteiger partial charge in [-0.3, -0.25) is 4.79 Å². The van der Waals surface area contributed by atoms with Crippen LogP contribution in [0.2, 0.25) is 5.02 Å². The third-order valence-corrected chi connectivity index (χ3v) is 5.29. The SMILES string of the molecule is C/C(=N\NC(=O)c1ccc(CSc2ccc(Cl)cc2)cc1)c1ccccc1. The van der Waals surface area contributed by atoms with E-state index in [1.165, 1.54) is 0 Å². The summed E-state index contributed by atoms with van der Waals surface area (Å²) in [7, 11) is 0. The summed E-state index contributed by atoms with van der Waals surface area (Å²) in [6, 6.07) is 25.1. The zero-order valence-corrected chi connectivity index (χ0v) is 16.4. The number of rotatable bonds is 6. The molecule has 0 saturated heterocycles. The molecule has 0 radical (unpaired) electrons. The molecule has 3 aromatic rings. The Labute approximate surface area is 168 Å². The first-order chi connectivity index (χ1) is 13.1. The van der Waals surface area contributed by atoms with Crippen molar-refractivity contribution in [1.29, 1.82) is 0 Å². The van der Waals surface area contributed by atoms with Gasteiger partial charge in [0.15, 0.2) is 0 Å². The number of carbonyl (C=O) groups is 1. The van der Waals surface area contributed by atoms with Gasteiger partial charge in [0.05, 0.1) is 5.71 Å². The molecule has 0 fully saturated rings. The van der Waals surface area contributed by atoms with Crippen molar-refractivity contribution in [2.75, 3.05) is 0 Å². The maximum absolute atomic E-state index is 12.3. The van der Waals surface area contributed by atoms with Crippen LogP contribution in [0.1, 0.15) is 28.4 Å². The Hall–Kier alpha value is -2.56. The summed E-state index contributed by atoms with van der Waals surface area (Å²) in [5, 5.41) is 4.91. The van der Waals surface area contributed by atoms with Gasteiger partial charge in [-0.05, 0) is 54.4 Å². The molecule has 1 N–H and O–H groups in total. The lowest BCUT2D eigenvalue weighted by Gasteiger charge is -2.05. The van der Waals surface area contributed by atoms with Crippen LogP contribution >= 0.6 is 23.4 Å². The van der Waals surface area contributed by atoms with Gasteiger partial charge < -0.3 is 0 Å². The van der Waals surface area contributed by atoms with Crippen LogP contribution in [0.5, 0.6) is 0 Å². The van der Waals surface area contributed by atoms with Crippen molar-refractivity contribution in [3.63, 3.8) is 0 Å². The fraction of sp³-hybridized carbons (Fsp3) is 0.0909. The van der Waals surface area contributed by atoms with E-state index in [0.717, 1.165) is 32.5 Å². The van der Waals surface area contributed by atoms with Gasteiger partial charge in [-0.25, -0.2) is 5.43 Å². The van der Waals surface area contributed by atoms with Gasteiger partial charge in [0, 0.05) is 21.2 Å². The van der Waals surface area contributed by atoms with Crippen molar-refractivity contribution in [3.8, 4) is 0 Å². The van der Waals surface area contributed by atoms with Crippen molar-refractivity contribution < 1.29 is 4.79 Å². The van der Waals surface area contributed by atoms with Crippen molar-refractivity contribution >= 4 is 35.0 Å². The quantitative estimate of drug-likeness (QED) is 0.327. The van der Waals surface area contributed by atoms with E-state index < -0.39 is 0 Å². The maximum atomic E-state index is 12.3. The van der Waals surface area contributed by atoms with Crippen LogP contribution in [0.15, 0.2) is 88.9 Å². The van der Waals surface area contributed by atoms with Gasteiger partial charge in [0.1, 0.15) is 0 Å². The number of nitrogens with zero attached hydrogens (tertiary/aromatic N) is 1. The smallest absolute Gasteiger partial charge is 0.267 e. The summed E-state index contributed by atoms with van der Waals surface area (Å²) in [6.45, 7) is 1.87. The molecule has 0 aromatic heterocycles. The third-order valence-electron chi connectivity index (χ3n) is 3.95. The first-order valence-corrected chi connectivity index (χ1v) is 9.85. The predicted octanol–water partition coefficient (Wildman–Crippen LogP) is 5.79. The van der Waals surface area contributed by atoms with E-state index in [9.17, 15) is 4.79 Å². The first-order valence-electron chi connectivity index (χ1n) is 8.49. The largest absolute Gasteiger partial charge is 0.271 e. The average Bonchev–Trinajstić information content (AvgIpc) is 2.72. The molecule has 5 heteroatoms. The minimum absolute atomic E-state index is 0.220. The molecule has 0 spiro atoms. The highest BCUT2D eigenvalue weighted by atomic mass is 35.5. The Morgan fingerprint density at radius 3 is 2.26 bits per heavy atom. The standard InChI is InChI=1S/C22H19ClN2OS/c1-16(18-5-3-2-4-6-18)24-25-22(26)19-9-7-17(8-10-19)15-27-21-13-11-20(23)12-14-21/h2-14H,15H2,1H3,(H,25,26)/b24-16+. The average molecular weight is 395 g/mol. The number of hydrogen-bond donors (Lipinski definition) is 1. The van der Waals surface area contributed by atoms with Crippen LogP contribution < -0.4 is 5.43 Å². The molecule has 0 unspecified atom stereocenters. The van der Waals surface area contributed by atoms with Gasteiger partial charge in [0.25, 0.3) is 5.91 Å². The molecule has 0 aliphatic rings. The summed E-state index contributed by atoms with van der Waals surface area (Å²) < 4.78 is 0. The summed E-state index contributed by atoms with van der Waals surface area (Å²) in [4.78, 5) is 13.4. The van der Waals surface area contributed by atoms with Gasteiger partial charge >= 0.3 is 0 Å². The zero-order valence-electron chi connectivity index (χ0n) is 14.9. The van der Waals surface area contributed by atoms with Crippen LogP contribution in [0, 0.1) is 0 Å². The van der Waals surface area contributed by atoms with Crippen LogP contribution in [0.3, 0.4) is 0 Å². The Kier molecular flexibility index (Phi) is 6.69. The molecule has 1 amide bonds. The Balaban J connectivity index is 1.56. The first kappa shape index (κ1) is 19.2. The molecule has 0 aliphatic carbocycles. The highest BCUT2D eigenvalue weighted by molar-refractivity contribution is 7.98. The van der Waals surface area contributed by atoms with Crippen molar-refractivity contribution in [2.24, 2.45) is 5.10 Å². The number of thioether (sulfide) groups is 1. The van der Waals surface area contributed by atoms with E-state index in [-0.39, 0.29) is 5.91 Å². The van der Waals surface area contributed by atoms with E-state index in [0.29, 0.717) is 5.56 Å². The summed E-state index contributed by atoms with van der Waals surface area (Å²) >= 11 is 7.63. The molecule has 136 valence electrons. The lowest BCUT2D eigenvalue weighted by Crippen LogP contribution is -2.19. The summed E-state index contributed by atoms with van der Waals surface area (Å²) in [5.74, 6) is 0.608. The van der Waals surface area contributed by atoms with Crippen LogP contribution in [-0.2, 0) is 5.75 Å². The molecule has 0 saturated carbocycles. The van der Waals surface area contributed by atoms with Crippen LogP contribution in [0.4, 0.5) is 0 Å². The molecule has 3 aromatic carbocycles. The third kappa shape index (κ3) is 5.71. The number of benzene rings is 3. The number of carbonyl (C=O) groups excluding carboxylic acids is 1. The lowest BCUT2D eigenvalue weighted by atomic mass is 10.1. The van der Waals surface area contributed by atoms with Gasteiger partial charge in [-0.15, -0.1) is 11.8 Å². The molecule has 0 atom stereocenters. The fourth-order valence-corrected chi connectivity index (χ4v) is 3.37. The second-order valence-electron chi connectivity index (χ2n) is 5.94. The number of halogens is 1. The molecule has 27 heavy (non-hydrogen) atoms. The van der Waals surface area contributed by atoms with Crippen LogP contribution in [0.25, 0.3) is 0 Å².